The molecule has 1 amide bonds. The molecule has 4 aliphatic rings. The zero-order chi connectivity index (χ0) is 44.6. The van der Waals surface area contributed by atoms with E-state index < -0.39 is 71.8 Å². The van der Waals surface area contributed by atoms with E-state index >= 15 is 0 Å². The molecule has 0 fully saturated rings. The van der Waals surface area contributed by atoms with Crippen molar-refractivity contribution in [2.45, 2.75) is 102 Å². The largest absolute Gasteiger partial charge is 0.497 e. The summed E-state index contributed by atoms with van der Waals surface area (Å²) in [5.74, 6) is 11.9. The van der Waals surface area contributed by atoms with Crippen molar-refractivity contribution in [2.24, 2.45) is 11.8 Å². The Hall–Kier alpha value is -4.48. The van der Waals surface area contributed by atoms with Gasteiger partial charge in [-0.1, -0.05) is 74.3 Å². The van der Waals surface area contributed by atoms with E-state index in [4.69, 9.17) is 48.6 Å². The number of esters is 1. The van der Waals surface area contributed by atoms with Crippen molar-refractivity contribution in [3.8, 4) is 35.2 Å². The molecule has 0 spiro atoms. The number of alkyl carbamates (subject to hydrolysis) is 1. The fourth-order valence-electron chi connectivity index (χ4n) is 7.39. The highest BCUT2D eigenvalue weighted by Gasteiger charge is 2.52. The lowest BCUT2D eigenvalue weighted by molar-refractivity contribution is -0.146. The lowest BCUT2D eigenvalue weighted by Gasteiger charge is -2.42. The van der Waals surface area contributed by atoms with E-state index in [1.54, 1.807) is 70.4 Å². The van der Waals surface area contributed by atoms with E-state index in [-0.39, 0.29) is 37.0 Å². The number of halogens is 1. The minimum Gasteiger partial charge on any atom is -0.497 e. The molecule has 2 aliphatic carbocycles. The predicted molar refractivity (Wildman–Crippen MR) is 233 cm³/mol. The lowest BCUT2D eigenvalue weighted by Crippen LogP contribution is -2.54. The van der Waals surface area contributed by atoms with Crippen molar-refractivity contribution in [1.29, 1.82) is 0 Å². The van der Waals surface area contributed by atoms with Gasteiger partial charge in [0.2, 0.25) is 0 Å². The molecule has 13 nitrogen and oxygen atoms in total. The molecule has 2 aromatic rings. The van der Waals surface area contributed by atoms with Gasteiger partial charge in [0.25, 0.3) is 10.1 Å². The maximum absolute atomic E-state index is 13.9. The van der Waals surface area contributed by atoms with Crippen molar-refractivity contribution in [3.63, 3.8) is 0 Å². The zero-order valence-corrected chi connectivity index (χ0v) is 38.8. The van der Waals surface area contributed by atoms with Gasteiger partial charge in [0.1, 0.15) is 22.9 Å². The molecule has 1 N–H and O–H groups in total. The molecule has 2 aromatic carbocycles. The summed E-state index contributed by atoms with van der Waals surface area (Å²) in [7, 11) is -3.64. The number of carbonyl (C=O) groups excluding carboxylic acids is 2. The summed E-state index contributed by atoms with van der Waals surface area (Å²) in [6.45, 7) is 11.2. The van der Waals surface area contributed by atoms with Crippen molar-refractivity contribution in [2.75, 3.05) is 33.9 Å². The number of allylic oxidation sites excluding steroid dienone is 1. The average Bonchev–Trinajstić information content (AvgIpc) is 3.56. The first-order valence-corrected chi connectivity index (χ1v) is 25.0. The van der Waals surface area contributed by atoms with Gasteiger partial charge in [-0.2, -0.15) is 8.42 Å². The van der Waals surface area contributed by atoms with Crippen LogP contribution in [0, 0.1) is 35.5 Å². The minimum atomic E-state index is -4.14. The van der Waals surface area contributed by atoms with Gasteiger partial charge < -0.3 is 38.2 Å². The number of benzene rings is 2. The Balaban J connectivity index is 1.79. The Bertz CT molecular complexity index is 2200. The van der Waals surface area contributed by atoms with Crippen LogP contribution in [0.1, 0.15) is 65.1 Å². The Morgan fingerprint density at radius 3 is 2.34 bits per heavy atom. The third-order valence-corrected chi connectivity index (χ3v) is 16.2. The molecule has 0 saturated carbocycles. The van der Waals surface area contributed by atoms with Gasteiger partial charge in [0, 0.05) is 18.6 Å². The second kappa shape index (κ2) is 20.1. The van der Waals surface area contributed by atoms with Crippen molar-refractivity contribution in [1.82, 2.24) is 5.32 Å². The van der Waals surface area contributed by atoms with Gasteiger partial charge in [-0.05, 0) is 92.9 Å². The number of hydrogen-bond acceptors (Lipinski definition) is 12. The van der Waals surface area contributed by atoms with E-state index in [1.807, 2.05) is 12.1 Å². The summed E-state index contributed by atoms with van der Waals surface area (Å²) < 4.78 is 74.4. The van der Waals surface area contributed by atoms with E-state index in [9.17, 15) is 18.0 Å². The van der Waals surface area contributed by atoms with Gasteiger partial charge in [-0.25, -0.2) is 4.79 Å². The van der Waals surface area contributed by atoms with Crippen LogP contribution in [0.3, 0.4) is 0 Å². The standard InChI is InChI=1S/C45H56ClNO12SSi/c1-10-61(11-2,12-3)59-45-27-35(55-29-52-7)25-33(45)16-19-36-32(23-30-13-17-34(53-8)18-14-30)28-54-42(48)26-38(47-43(49)57-44(4,5)6)31-15-20-40(37(46)24-31)56-41(45)22-21-39(36)58-60(9,50)51/h13-15,17-18,20,24-25,27,32,36,38-39,41H,10-12,23,26,28-29H2,1-9H3,(H,47,49)/t32?,36-,38+,39?,41-,45+/m0/s1. The maximum Gasteiger partial charge on any atom is 0.408 e. The molecule has 330 valence electrons. The molecule has 16 heteroatoms. The molecule has 4 bridgehead atoms. The fourth-order valence-corrected chi connectivity index (χ4v) is 11.1. The summed E-state index contributed by atoms with van der Waals surface area (Å²) in [6.07, 6.45) is 1.14. The Morgan fingerprint density at radius 1 is 1.03 bits per heavy atom. The highest BCUT2D eigenvalue weighted by Crippen LogP contribution is 2.44. The highest BCUT2D eigenvalue weighted by atomic mass is 35.5. The molecule has 0 aromatic heterocycles. The zero-order valence-electron chi connectivity index (χ0n) is 36.2. The van der Waals surface area contributed by atoms with Crippen LogP contribution in [0.5, 0.6) is 11.5 Å². The summed E-state index contributed by atoms with van der Waals surface area (Å²) >= 11 is 7.00. The Morgan fingerprint density at radius 2 is 1.74 bits per heavy atom. The quantitative estimate of drug-likeness (QED) is 0.0652. The van der Waals surface area contributed by atoms with Crippen LogP contribution in [0.2, 0.25) is 23.2 Å². The second-order valence-electron chi connectivity index (χ2n) is 16.2. The van der Waals surface area contributed by atoms with E-state index in [2.05, 4.69) is 49.8 Å². The summed E-state index contributed by atoms with van der Waals surface area (Å²) in [5.41, 5.74) is -0.541. The van der Waals surface area contributed by atoms with Gasteiger partial charge in [0.05, 0.1) is 43.4 Å². The summed E-state index contributed by atoms with van der Waals surface area (Å²) in [6, 6.07) is 13.5. The summed E-state index contributed by atoms with van der Waals surface area (Å²) in [5, 5.41) is 2.93. The topological polar surface area (TPSA) is 154 Å². The van der Waals surface area contributed by atoms with Crippen LogP contribution in [0.25, 0.3) is 0 Å². The van der Waals surface area contributed by atoms with E-state index in [0.29, 0.717) is 22.6 Å². The normalized spacial score (nSPS) is 23.9. The van der Waals surface area contributed by atoms with Crippen LogP contribution < -0.4 is 14.8 Å². The number of ether oxygens (including phenoxy) is 6. The number of methoxy groups -OCH3 is 2. The van der Waals surface area contributed by atoms with Gasteiger partial charge in [-0.3, -0.25) is 8.98 Å². The molecule has 2 unspecified atom stereocenters. The SMILES string of the molecule is CC[Si](CC)(CC)O[C@]12C=C(OCOC)C=C1C#C[C@H]1C(Cc3ccc(OC)cc3)COC(=O)C[C@@H](NC(=O)OC(C)(C)C)c3ccc(c(Cl)c3)O[C@H]2C#CC1OS(C)(=O)=O. The molecule has 2 aliphatic heterocycles. The van der Waals surface area contributed by atoms with Crippen LogP contribution in [0.15, 0.2) is 65.9 Å². The number of amides is 1. The fraction of sp³-hybridized carbons (Fsp3) is 0.511. The van der Waals surface area contributed by atoms with Crippen molar-refractivity contribution >= 4 is 42.1 Å². The van der Waals surface area contributed by atoms with E-state index in [1.165, 1.54) is 7.11 Å². The van der Waals surface area contributed by atoms with Crippen LogP contribution in [0.4, 0.5) is 4.79 Å². The van der Waals surface area contributed by atoms with Gasteiger partial charge >= 0.3 is 12.1 Å². The molecular weight excluding hydrogens is 842 g/mol. The Kier molecular flexibility index (Phi) is 15.7. The minimum absolute atomic E-state index is 0.0672. The van der Waals surface area contributed by atoms with Gasteiger partial charge in [0.15, 0.2) is 32.9 Å². The summed E-state index contributed by atoms with van der Waals surface area (Å²) in [4.78, 5) is 27.0. The van der Waals surface area contributed by atoms with Crippen LogP contribution in [-0.2, 0) is 48.9 Å². The molecule has 6 atom stereocenters. The van der Waals surface area contributed by atoms with Crippen molar-refractivity contribution in [3.05, 3.63) is 82.1 Å². The molecule has 6 rings (SSSR count). The smallest absolute Gasteiger partial charge is 0.408 e. The van der Waals surface area contributed by atoms with Gasteiger partial charge in [-0.15, -0.1) is 0 Å². The average molecular weight is 899 g/mol. The first kappa shape index (κ1) is 47.6. The monoisotopic (exact) mass is 897 g/mol. The third-order valence-electron chi connectivity index (χ3n) is 10.7. The molecule has 61 heavy (non-hydrogen) atoms. The second-order valence-corrected chi connectivity index (χ2v) is 22.9. The molecule has 0 radical (unpaired) electrons. The number of fused-ring (bicyclic) bond motifs is 8. The predicted octanol–water partition coefficient (Wildman–Crippen LogP) is 7.65. The molecular formula is C45H56ClNO12SSi. The van der Waals surface area contributed by atoms with Crippen molar-refractivity contribution < 1.29 is 55.0 Å². The molecule has 2 heterocycles. The lowest BCUT2D eigenvalue weighted by atomic mass is 9.83. The Labute approximate surface area is 366 Å². The number of rotatable bonds is 14. The number of carbonyl (C=O) groups is 2. The third kappa shape index (κ3) is 12.3. The van der Waals surface area contributed by atoms with Crippen LogP contribution in [-0.4, -0.2) is 86.1 Å². The maximum atomic E-state index is 13.9. The van der Waals surface area contributed by atoms with Crippen LogP contribution >= 0.6 is 11.6 Å². The first-order valence-electron chi connectivity index (χ1n) is 20.3. The molecule has 0 saturated heterocycles. The van der Waals surface area contributed by atoms with E-state index in [0.717, 1.165) is 30.0 Å². The number of nitrogens with one attached hydrogen (secondary N) is 1. The number of hydrogen-bond donors (Lipinski definition) is 1. The highest BCUT2D eigenvalue weighted by molar-refractivity contribution is 7.86. The first-order chi connectivity index (χ1) is 28.8.